The van der Waals surface area contributed by atoms with E-state index in [1.807, 2.05) is 49.4 Å². The molecule has 0 aliphatic carbocycles. The second-order valence-corrected chi connectivity index (χ2v) is 7.49. The Morgan fingerprint density at radius 3 is 2.53 bits per heavy atom. The molecular weight excluding hydrogens is 428 g/mol. The molecule has 1 amide bonds. The molecule has 0 spiro atoms. The maximum Gasteiger partial charge on any atom is 0.273 e. The molecule has 0 saturated heterocycles. The van der Waals surface area contributed by atoms with Crippen molar-refractivity contribution in [2.45, 2.75) is 13.8 Å². The van der Waals surface area contributed by atoms with Crippen LogP contribution in [0, 0.1) is 24.0 Å². The number of nitrogens with one attached hydrogen (secondary N) is 2. The molecule has 0 aliphatic heterocycles. The Labute approximate surface area is 188 Å². The summed E-state index contributed by atoms with van der Waals surface area (Å²) in [5, 5.41) is 16.8. The van der Waals surface area contributed by atoms with Crippen molar-refractivity contribution in [2.75, 3.05) is 5.32 Å². The first-order valence-electron chi connectivity index (χ1n) is 9.67. The molecule has 1 aromatic heterocycles. The Kier molecular flexibility index (Phi) is 5.65. The van der Waals surface area contributed by atoms with Crippen LogP contribution >= 0.6 is 12.2 Å². The summed E-state index contributed by atoms with van der Waals surface area (Å²) >= 11 is 5.30. The van der Waals surface area contributed by atoms with E-state index in [1.165, 1.54) is 25.1 Å². The number of nitrogens with zero attached hydrogens (tertiary/aromatic N) is 2. The number of aromatic nitrogens is 1. The monoisotopic (exact) mass is 446 g/mol. The second-order valence-electron chi connectivity index (χ2n) is 7.08. The summed E-state index contributed by atoms with van der Waals surface area (Å²) < 4.78 is 5.86. The SMILES string of the molecule is Cc1c(NC(=S)NC(=O)c2cccc([N+](=O)[O-])c2C)cccc1-c1nc2ccccc2o1. The molecule has 3 aromatic carbocycles. The van der Waals surface area contributed by atoms with Crippen LogP contribution in [0.1, 0.15) is 21.5 Å². The number of carbonyl (C=O) groups excluding carboxylic acids is 1. The molecule has 0 aliphatic rings. The number of nitro benzene ring substituents is 1. The predicted octanol–water partition coefficient (Wildman–Crippen LogP) is 5.15. The summed E-state index contributed by atoms with van der Waals surface area (Å²) in [7, 11) is 0. The van der Waals surface area contributed by atoms with Crippen LogP contribution in [0.5, 0.6) is 0 Å². The van der Waals surface area contributed by atoms with Gasteiger partial charge in [0.1, 0.15) is 5.52 Å². The van der Waals surface area contributed by atoms with E-state index in [4.69, 9.17) is 16.6 Å². The number of thiocarbonyl (C=S) groups is 1. The fourth-order valence-corrected chi connectivity index (χ4v) is 3.58. The number of amides is 1. The van der Waals surface area contributed by atoms with E-state index in [0.29, 0.717) is 17.2 Å². The zero-order valence-electron chi connectivity index (χ0n) is 17.2. The maximum absolute atomic E-state index is 12.6. The fourth-order valence-electron chi connectivity index (χ4n) is 3.38. The third kappa shape index (κ3) is 4.06. The summed E-state index contributed by atoms with van der Waals surface area (Å²) in [5.41, 5.74) is 4.07. The van der Waals surface area contributed by atoms with Gasteiger partial charge in [0, 0.05) is 28.4 Å². The van der Waals surface area contributed by atoms with E-state index >= 15 is 0 Å². The lowest BCUT2D eigenvalue weighted by atomic mass is 10.1. The summed E-state index contributed by atoms with van der Waals surface area (Å²) in [5.74, 6) is -0.0500. The zero-order valence-corrected chi connectivity index (χ0v) is 18.0. The Morgan fingerprint density at radius 1 is 1.03 bits per heavy atom. The van der Waals surface area contributed by atoms with Crippen LogP contribution in [0.4, 0.5) is 11.4 Å². The van der Waals surface area contributed by atoms with Gasteiger partial charge >= 0.3 is 0 Å². The largest absolute Gasteiger partial charge is 0.436 e. The average molecular weight is 446 g/mol. The summed E-state index contributed by atoms with van der Waals surface area (Å²) in [6.07, 6.45) is 0. The van der Waals surface area contributed by atoms with Crippen LogP contribution in [0.15, 0.2) is 65.1 Å². The lowest BCUT2D eigenvalue weighted by molar-refractivity contribution is -0.385. The molecule has 2 N–H and O–H groups in total. The number of benzene rings is 3. The molecule has 0 saturated carbocycles. The van der Waals surface area contributed by atoms with E-state index in [-0.39, 0.29) is 21.9 Å². The van der Waals surface area contributed by atoms with Crippen molar-refractivity contribution in [3.63, 3.8) is 0 Å². The standard InChI is InChI=1S/C23H18N4O4S/c1-13-16(22-24-18-9-3-4-12-20(18)31-22)8-5-10-17(13)25-23(32)26-21(28)15-7-6-11-19(14(15)2)27(29)30/h3-12H,1-2H3,(H2,25,26,28,32). The van der Waals surface area contributed by atoms with E-state index in [2.05, 4.69) is 15.6 Å². The van der Waals surface area contributed by atoms with E-state index in [1.54, 1.807) is 0 Å². The summed E-state index contributed by atoms with van der Waals surface area (Å²) in [4.78, 5) is 27.8. The first-order valence-corrected chi connectivity index (χ1v) is 10.1. The van der Waals surface area contributed by atoms with E-state index in [9.17, 15) is 14.9 Å². The minimum atomic E-state index is -0.531. The quantitative estimate of drug-likeness (QED) is 0.253. The smallest absolute Gasteiger partial charge is 0.273 e. The van der Waals surface area contributed by atoms with Gasteiger partial charge in [0.15, 0.2) is 10.7 Å². The van der Waals surface area contributed by atoms with Crippen LogP contribution < -0.4 is 10.6 Å². The number of rotatable bonds is 4. The van der Waals surface area contributed by atoms with Gasteiger partial charge in [0.25, 0.3) is 11.6 Å². The average Bonchev–Trinajstić information content (AvgIpc) is 3.19. The Balaban J connectivity index is 1.54. The molecule has 0 unspecified atom stereocenters. The number of oxazole rings is 1. The van der Waals surface area contributed by atoms with Crippen LogP contribution in [-0.4, -0.2) is 20.9 Å². The van der Waals surface area contributed by atoms with Crippen molar-refractivity contribution in [2.24, 2.45) is 0 Å². The van der Waals surface area contributed by atoms with Crippen molar-refractivity contribution in [3.8, 4) is 11.5 Å². The predicted molar refractivity (Wildman–Crippen MR) is 126 cm³/mol. The Hall–Kier alpha value is -4.11. The van der Waals surface area contributed by atoms with Gasteiger partial charge in [-0.25, -0.2) is 4.98 Å². The number of carbonyl (C=O) groups is 1. The lowest BCUT2D eigenvalue weighted by Crippen LogP contribution is -2.34. The van der Waals surface area contributed by atoms with Gasteiger partial charge in [-0.15, -0.1) is 0 Å². The molecular formula is C23H18N4O4S. The molecule has 4 rings (SSSR count). The highest BCUT2D eigenvalue weighted by Crippen LogP contribution is 2.30. The number of hydrogen-bond donors (Lipinski definition) is 2. The van der Waals surface area contributed by atoms with Gasteiger partial charge in [0.2, 0.25) is 5.89 Å². The molecule has 0 bridgehead atoms. The number of anilines is 1. The first kappa shape index (κ1) is 21.1. The highest BCUT2D eigenvalue weighted by atomic mass is 32.1. The molecule has 8 nitrogen and oxygen atoms in total. The number of hydrogen-bond acceptors (Lipinski definition) is 6. The second kappa shape index (κ2) is 8.56. The van der Waals surface area contributed by atoms with Gasteiger partial charge in [-0.05, 0) is 62.0 Å². The molecule has 0 radical (unpaired) electrons. The first-order chi connectivity index (χ1) is 15.3. The highest BCUT2D eigenvalue weighted by molar-refractivity contribution is 7.80. The minimum absolute atomic E-state index is 0.0683. The van der Waals surface area contributed by atoms with Gasteiger partial charge in [-0.3, -0.25) is 20.2 Å². The number of nitro groups is 1. The molecule has 32 heavy (non-hydrogen) atoms. The van der Waals surface area contributed by atoms with Crippen LogP contribution in [0.3, 0.4) is 0 Å². The van der Waals surface area contributed by atoms with Crippen molar-refractivity contribution >= 4 is 45.7 Å². The summed E-state index contributed by atoms with van der Waals surface area (Å²) in [6.45, 7) is 3.42. The van der Waals surface area contributed by atoms with Gasteiger partial charge in [0.05, 0.1) is 4.92 Å². The van der Waals surface area contributed by atoms with Crippen molar-refractivity contribution < 1.29 is 14.1 Å². The van der Waals surface area contributed by atoms with Crippen LogP contribution in [0.25, 0.3) is 22.6 Å². The maximum atomic E-state index is 12.6. The molecule has 1 heterocycles. The van der Waals surface area contributed by atoms with Crippen molar-refractivity contribution in [1.82, 2.24) is 10.3 Å². The van der Waals surface area contributed by atoms with E-state index < -0.39 is 10.8 Å². The molecule has 0 fully saturated rings. The van der Waals surface area contributed by atoms with Crippen molar-refractivity contribution in [1.29, 1.82) is 0 Å². The molecule has 4 aromatic rings. The fraction of sp³-hybridized carbons (Fsp3) is 0.0870. The third-order valence-corrected chi connectivity index (χ3v) is 5.28. The number of fused-ring (bicyclic) bond motifs is 1. The molecule has 0 atom stereocenters. The summed E-state index contributed by atoms with van der Waals surface area (Å²) in [6, 6.07) is 17.4. The highest BCUT2D eigenvalue weighted by Gasteiger charge is 2.19. The van der Waals surface area contributed by atoms with E-state index in [0.717, 1.165) is 16.6 Å². The third-order valence-electron chi connectivity index (χ3n) is 5.08. The number of para-hydroxylation sites is 2. The minimum Gasteiger partial charge on any atom is -0.436 e. The topological polar surface area (TPSA) is 110 Å². The molecule has 9 heteroatoms. The van der Waals surface area contributed by atoms with Gasteiger partial charge in [-0.2, -0.15) is 0 Å². The van der Waals surface area contributed by atoms with Crippen molar-refractivity contribution in [3.05, 3.63) is 87.5 Å². The Morgan fingerprint density at radius 2 is 1.78 bits per heavy atom. The normalized spacial score (nSPS) is 10.7. The zero-order chi connectivity index (χ0) is 22.8. The lowest BCUT2D eigenvalue weighted by Gasteiger charge is -2.14. The van der Waals surface area contributed by atoms with Gasteiger partial charge < -0.3 is 9.73 Å². The Bertz CT molecular complexity index is 1350. The molecule has 160 valence electrons. The van der Waals surface area contributed by atoms with Gasteiger partial charge in [-0.1, -0.05) is 24.3 Å². The van der Waals surface area contributed by atoms with Crippen LogP contribution in [-0.2, 0) is 0 Å². The van der Waals surface area contributed by atoms with Crippen LogP contribution in [0.2, 0.25) is 0 Å².